The summed E-state index contributed by atoms with van der Waals surface area (Å²) in [6.45, 7) is 12.7. The molecule has 0 N–H and O–H groups in total. The van der Waals surface area contributed by atoms with Crippen molar-refractivity contribution in [1.82, 2.24) is 29.4 Å². The van der Waals surface area contributed by atoms with Gasteiger partial charge in [-0.3, -0.25) is 9.69 Å². The van der Waals surface area contributed by atoms with E-state index in [0.717, 1.165) is 63.2 Å². The zero-order valence-electron chi connectivity index (χ0n) is 17.6. The minimum Gasteiger partial charge on any atom is -0.381 e. The van der Waals surface area contributed by atoms with Crippen molar-refractivity contribution in [1.29, 1.82) is 0 Å². The molecule has 0 amide bonds. The summed E-state index contributed by atoms with van der Waals surface area (Å²) in [7, 11) is 0. The van der Waals surface area contributed by atoms with Gasteiger partial charge in [0.05, 0.1) is 12.2 Å². The highest BCUT2D eigenvalue weighted by molar-refractivity contribution is 5.23. The number of ether oxygens (including phenoxy) is 1. The summed E-state index contributed by atoms with van der Waals surface area (Å²) in [5.41, 5.74) is 1.90. The first-order chi connectivity index (χ1) is 14.1. The van der Waals surface area contributed by atoms with E-state index in [9.17, 15) is 4.79 Å². The number of nitrogens with zero attached hydrogens (tertiary/aromatic N) is 6. The van der Waals surface area contributed by atoms with Crippen LogP contribution in [-0.4, -0.2) is 81.8 Å². The molecule has 0 spiro atoms. The van der Waals surface area contributed by atoms with Gasteiger partial charge < -0.3 is 9.64 Å². The van der Waals surface area contributed by atoms with E-state index in [2.05, 4.69) is 20.0 Å². The van der Waals surface area contributed by atoms with Gasteiger partial charge >= 0.3 is 0 Å². The molecular weight excluding hydrogens is 368 g/mol. The first-order valence-electron chi connectivity index (χ1n) is 10.7. The maximum absolute atomic E-state index is 12.3. The topological polar surface area (TPSA) is 68.4 Å². The summed E-state index contributed by atoms with van der Waals surface area (Å²) in [6.07, 6.45) is 2.39. The Labute approximate surface area is 172 Å². The average molecular weight is 401 g/mol. The largest absolute Gasteiger partial charge is 0.381 e. The monoisotopic (exact) mass is 400 g/mol. The second-order valence-electron chi connectivity index (χ2n) is 8.29. The predicted molar refractivity (Wildman–Crippen MR) is 112 cm³/mol. The van der Waals surface area contributed by atoms with Gasteiger partial charge in [-0.05, 0) is 44.7 Å². The highest BCUT2D eigenvalue weighted by Gasteiger charge is 2.21. The van der Waals surface area contributed by atoms with Gasteiger partial charge in [0, 0.05) is 64.2 Å². The molecule has 2 saturated heterocycles. The maximum Gasteiger partial charge on any atom is 0.266 e. The molecule has 2 fully saturated rings. The summed E-state index contributed by atoms with van der Waals surface area (Å²) >= 11 is 0. The van der Waals surface area contributed by atoms with Crippen molar-refractivity contribution in [3.05, 3.63) is 39.9 Å². The van der Waals surface area contributed by atoms with Crippen LogP contribution in [0.15, 0.2) is 23.0 Å². The number of hydrogen-bond acceptors (Lipinski definition) is 6. The lowest BCUT2D eigenvalue weighted by atomic mass is 9.99. The molecule has 2 aromatic heterocycles. The Morgan fingerprint density at radius 2 is 1.72 bits per heavy atom. The Balaban J connectivity index is 1.30. The first-order valence-corrected chi connectivity index (χ1v) is 10.7. The summed E-state index contributed by atoms with van der Waals surface area (Å²) in [5, 5.41) is 9.02. The Kier molecular flexibility index (Phi) is 6.42. The van der Waals surface area contributed by atoms with Gasteiger partial charge in [-0.1, -0.05) is 0 Å². The normalized spacial score (nSPS) is 19.7. The minimum atomic E-state index is -0.0616. The Bertz CT molecular complexity index is 862. The predicted octanol–water partition coefficient (Wildman–Crippen LogP) is 1.09. The van der Waals surface area contributed by atoms with Gasteiger partial charge in [0.15, 0.2) is 5.82 Å². The van der Waals surface area contributed by atoms with Crippen LogP contribution in [0.5, 0.6) is 0 Å². The lowest BCUT2D eigenvalue weighted by Crippen LogP contribution is -2.49. The number of hydrogen-bond donors (Lipinski definition) is 0. The molecule has 0 aliphatic carbocycles. The smallest absolute Gasteiger partial charge is 0.266 e. The summed E-state index contributed by atoms with van der Waals surface area (Å²) in [4.78, 5) is 17.3. The lowest BCUT2D eigenvalue weighted by Gasteiger charge is -2.37. The first kappa shape index (κ1) is 20.3. The number of piperazine rings is 1. The fourth-order valence-corrected chi connectivity index (χ4v) is 4.30. The van der Waals surface area contributed by atoms with Crippen molar-refractivity contribution >= 4 is 0 Å². The number of aryl methyl sites for hydroxylation is 2. The van der Waals surface area contributed by atoms with Crippen LogP contribution in [0, 0.1) is 19.8 Å². The van der Waals surface area contributed by atoms with E-state index in [1.165, 1.54) is 19.4 Å². The van der Waals surface area contributed by atoms with E-state index in [4.69, 9.17) is 4.74 Å². The van der Waals surface area contributed by atoms with Crippen LogP contribution in [-0.2, 0) is 11.3 Å². The van der Waals surface area contributed by atoms with Crippen LogP contribution < -0.4 is 5.56 Å². The van der Waals surface area contributed by atoms with E-state index in [1.54, 1.807) is 21.5 Å². The van der Waals surface area contributed by atoms with Crippen molar-refractivity contribution in [3.63, 3.8) is 0 Å². The summed E-state index contributed by atoms with van der Waals surface area (Å²) < 4.78 is 8.83. The van der Waals surface area contributed by atoms with Gasteiger partial charge in [0.2, 0.25) is 0 Å². The van der Waals surface area contributed by atoms with Gasteiger partial charge in [0.25, 0.3) is 5.56 Å². The van der Waals surface area contributed by atoms with Crippen LogP contribution in [0.25, 0.3) is 5.82 Å². The third kappa shape index (κ3) is 5.12. The molecule has 158 valence electrons. The van der Waals surface area contributed by atoms with Gasteiger partial charge in [-0.15, -0.1) is 5.10 Å². The number of aromatic nitrogens is 4. The van der Waals surface area contributed by atoms with E-state index in [0.29, 0.717) is 12.4 Å². The van der Waals surface area contributed by atoms with Crippen molar-refractivity contribution in [2.24, 2.45) is 5.92 Å². The third-order valence-corrected chi connectivity index (χ3v) is 6.03. The van der Waals surface area contributed by atoms with Gasteiger partial charge in [-0.25, -0.2) is 9.36 Å². The standard InChI is InChI=1S/C21H32N6O2/c1-17-15-18(2)27(22-17)20-3-4-21(28)26(23-20)12-11-24-7-9-25(10-8-24)16-19-5-13-29-14-6-19/h3-4,15,19H,5-14,16H2,1-2H3. The SMILES string of the molecule is Cc1cc(C)n(-c2ccc(=O)n(CCN3CCN(CC4CCOCC4)CC3)n2)n1. The molecule has 8 nitrogen and oxygen atoms in total. The molecule has 29 heavy (non-hydrogen) atoms. The molecule has 0 aromatic carbocycles. The molecular formula is C21H32N6O2. The second kappa shape index (κ2) is 9.19. The molecule has 4 rings (SSSR count). The fourth-order valence-electron chi connectivity index (χ4n) is 4.30. The van der Waals surface area contributed by atoms with Crippen LogP contribution in [0.1, 0.15) is 24.2 Å². The van der Waals surface area contributed by atoms with E-state index < -0.39 is 0 Å². The maximum atomic E-state index is 12.3. The van der Waals surface area contributed by atoms with Crippen molar-refractivity contribution < 1.29 is 4.74 Å². The molecule has 0 saturated carbocycles. The zero-order valence-corrected chi connectivity index (χ0v) is 17.6. The summed E-state index contributed by atoms with van der Waals surface area (Å²) in [6, 6.07) is 5.34. The molecule has 0 radical (unpaired) electrons. The Hall–Kier alpha value is -2.03. The van der Waals surface area contributed by atoms with Crippen LogP contribution in [0.4, 0.5) is 0 Å². The van der Waals surface area contributed by atoms with Crippen molar-refractivity contribution in [2.45, 2.75) is 33.2 Å². The molecule has 0 unspecified atom stereocenters. The Morgan fingerprint density at radius 1 is 1.00 bits per heavy atom. The highest BCUT2D eigenvalue weighted by atomic mass is 16.5. The minimum absolute atomic E-state index is 0.0616. The molecule has 8 heteroatoms. The number of rotatable bonds is 6. The lowest BCUT2D eigenvalue weighted by molar-refractivity contribution is 0.0418. The molecule has 2 aliphatic rings. The quantitative estimate of drug-likeness (QED) is 0.723. The highest BCUT2D eigenvalue weighted by Crippen LogP contribution is 2.17. The van der Waals surface area contributed by atoms with Gasteiger partial charge in [-0.2, -0.15) is 5.10 Å². The van der Waals surface area contributed by atoms with Crippen LogP contribution in [0.3, 0.4) is 0 Å². The molecule has 2 aliphatic heterocycles. The van der Waals surface area contributed by atoms with Crippen molar-refractivity contribution in [3.8, 4) is 5.82 Å². The Morgan fingerprint density at radius 3 is 2.41 bits per heavy atom. The summed E-state index contributed by atoms with van der Waals surface area (Å²) in [5.74, 6) is 1.48. The van der Waals surface area contributed by atoms with Crippen LogP contribution >= 0.6 is 0 Å². The third-order valence-electron chi connectivity index (χ3n) is 6.03. The fraction of sp³-hybridized carbons (Fsp3) is 0.667. The average Bonchev–Trinajstić information content (AvgIpc) is 3.07. The molecule has 4 heterocycles. The van der Waals surface area contributed by atoms with Gasteiger partial charge in [0.1, 0.15) is 0 Å². The molecule has 0 atom stereocenters. The van der Waals surface area contributed by atoms with E-state index >= 15 is 0 Å². The van der Waals surface area contributed by atoms with E-state index in [-0.39, 0.29) is 5.56 Å². The van der Waals surface area contributed by atoms with E-state index in [1.807, 2.05) is 19.9 Å². The van der Waals surface area contributed by atoms with Crippen LogP contribution in [0.2, 0.25) is 0 Å². The van der Waals surface area contributed by atoms with Crippen molar-refractivity contribution in [2.75, 3.05) is 52.5 Å². The molecule has 2 aromatic rings. The second-order valence-corrected chi connectivity index (χ2v) is 8.29. The molecule has 0 bridgehead atoms. The zero-order chi connectivity index (χ0) is 20.2.